The van der Waals surface area contributed by atoms with E-state index in [-0.39, 0.29) is 12.4 Å². The Morgan fingerprint density at radius 2 is 1.84 bits per heavy atom. The SMILES string of the molecule is CNCCc1cccc(-c2ccccc2OC)c1.Cl. The highest BCUT2D eigenvalue weighted by molar-refractivity contribution is 5.85. The van der Waals surface area contributed by atoms with Crippen molar-refractivity contribution in [3.05, 3.63) is 54.1 Å². The van der Waals surface area contributed by atoms with E-state index in [1.165, 1.54) is 11.1 Å². The molecule has 102 valence electrons. The van der Waals surface area contributed by atoms with Gasteiger partial charge in [0.05, 0.1) is 7.11 Å². The third-order valence-corrected chi connectivity index (χ3v) is 3.01. The second kappa shape index (κ2) is 7.82. The monoisotopic (exact) mass is 277 g/mol. The minimum absolute atomic E-state index is 0. The maximum absolute atomic E-state index is 5.41. The van der Waals surface area contributed by atoms with Crippen molar-refractivity contribution in [3.8, 4) is 16.9 Å². The largest absolute Gasteiger partial charge is 0.496 e. The maximum atomic E-state index is 5.41. The first-order valence-electron chi connectivity index (χ1n) is 6.22. The highest BCUT2D eigenvalue weighted by Crippen LogP contribution is 2.29. The first-order valence-corrected chi connectivity index (χ1v) is 6.22. The lowest BCUT2D eigenvalue weighted by molar-refractivity contribution is 0.416. The first-order chi connectivity index (χ1) is 8.85. The molecule has 0 aromatic heterocycles. The minimum Gasteiger partial charge on any atom is -0.496 e. The number of benzene rings is 2. The zero-order valence-electron chi connectivity index (χ0n) is 11.3. The third-order valence-electron chi connectivity index (χ3n) is 3.01. The lowest BCUT2D eigenvalue weighted by atomic mass is 10.0. The summed E-state index contributed by atoms with van der Waals surface area (Å²) in [5.41, 5.74) is 3.69. The molecule has 0 aliphatic carbocycles. The van der Waals surface area contributed by atoms with Crippen LogP contribution in [0.1, 0.15) is 5.56 Å². The molecule has 0 bridgehead atoms. The Bertz CT molecular complexity index is 514. The van der Waals surface area contributed by atoms with Crippen molar-refractivity contribution in [2.24, 2.45) is 0 Å². The molecule has 0 saturated heterocycles. The van der Waals surface area contributed by atoms with Gasteiger partial charge in [0.1, 0.15) is 5.75 Å². The summed E-state index contributed by atoms with van der Waals surface area (Å²) in [5, 5.41) is 3.17. The zero-order valence-corrected chi connectivity index (χ0v) is 12.2. The molecular weight excluding hydrogens is 258 g/mol. The van der Waals surface area contributed by atoms with E-state index in [9.17, 15) is 0 Å². The summed E-state index contributed by atoms with van der Waals surface area (Å²) in [4.78, 5) is 0. The van der Waals surface area contributed by atoms with E-state index in [4.69, 9.17) is 4.74 Å². The maximum Gasteiger partial charge on any atom is 0.126 e. The van der Waals surface area contributed by atoms with Crippen molar-refractivity contribution in [1.29, 1.82) is 0 Å². The Hall–Kier alpha value is -1.51. The Kier molecular flexibility index (Phi) is 6.40. The van der Waals surface area contributed by atoms with Gasteiger partial charge in [0.2, 0.25) is 0 Å². The van der Waals surface area contributed by atoms with E-state index in [1.54, 1.807) is 7.11 Å². The molecule has 0 aliphatic rings. The zero-order chi connectivity index (χ0) is 12.8. The van der Waals surface area contributed by atoms with Gasteiger partial charge >= 0.3 is 0 Å². The number of rotatable bonds is 5. The quantitative estimate of drug-likeness (QED) is 0.902. The van der Waals surface area contributed by atoms with Crippen LogP contribution in [0, 0.1) is 0 Å². The van der Waals surface area contributed by atoms with Gasteiger partial charge in [-0.25, -0.2) is 0 Å². The highest BCUT2D eigenvalue weighted by Gasteiger charge is 2.05. The molecule has 2 rings (SSSR count). The van der Waals surface area contributed by atoms with Crippen LogP contribution in [-0.2, 0) is 6.42 Å². The van der Waals surface area contributed by atoms with Crippen molar-refractivity contribution in [3.63, 3.8) is 0 Å². The average Bonchev–Trinajstić information content (AvgIpc) is 2.45. The molecule has 2 aromatic carbocycles. The van der Waals surface area contributed by atoms with Gasteiger partial charge < -0.3 is 10.1 Å². The Morgan fingerprint density at radius 3 is 2.58 bits per heavy atom. The minimum atomic E-state index is 0. The summed E-state index contributed by atoms with van der Waals surface area (Å²) in [6, 6.07) is 16.7. The van der Waals surface area contributed by atoms with E-state index in [0.29, 0.717) is 0 Å². The molecular formula is C16H20ClNO. The van der Waals surface area contributed by atoms with Gasteiger partial charge in [0.25, 0.3) is 0 Å². The number of hydrogen-bond donors (Lipinski definition) is 1. The lowest BCUT2D eigenvalue weighted by Gasteiger charge is -2.09. The van der Waals surface area contributed by atoms with Gasteiger partial charge in [-0.1, -0.05) is 42.5 Å². The normalized spacial score (nSPS) is 9.79. The fraction of sp³-hybridized carbons (Fsp3) is 0.250. The Morgan fingerprint density at radius 1 is 1.05 bits per heavy atom. The van der Waals surface area contributed by atoms with E-state index >= 15 is 0 Å². The number of likely N-dealkylation sites (N-methyl/N-ethyl adjacent to an activating group) is 1. The molecule has 0 amide bonds. The molecule has 0 radical (unpaired) electrons. The predicted octanol–water partition coefficient (Wildman–Crippen LogP) is 3.55. The Balaban J connectivity index is 0.00000180. The summed E-state index contributed by atoms with van der Waals surface area (Å²) >= 11 is 0. The fourth-order valence-corrected chi connectivity index (χ4v) is 2.05. The van der Waals surface area contributed by atoms with Gasteiger partial charge in [-0.05, 0) is 37.2 Å². The number of para-hydroxylation sites is 1. The number of halogens is 1. The molecule has 0 aliphatic heterocycles. The molecule has 0 fully saturated rings. The predicted molar refractivity (Wildman–Crippen MR) is 83.3 cm³/mol. The van der Waals surface area contributed by atoms with Crippen LogP contribution in [0.25, 0.3) is 11.1 Å². The second-order valence-electron chi connectivity index (χ2n) is 4.25. The third kappa shape index (κ3) is 3.98. The van der Waals surface area contributed by atoms with Crippen molar-refractivity contribution < 1.29 is 4.74 Å². The van der Waals surface area contributed by atoms with Crippen molar-refractivity contribution in [1.82, 2.24) is 5.32 Å². The lowest BCUT2D eigenvalue weighted by Crippen LogP contribution is -2.10. The van der Waals surface area contributed by atoms with Crippen LogP contribution in [0.4, 0.5) is 0 Å². The topological polar surface area (TPSA) is 21.3 Å². The molecule has 0 spiro atoms. The van der Waals surface area contributed by atoms with E-state index in [2.05, 4.69) is 35.6 Å². The van der Waals surface area contributed by atoms with Crippen LogP contribution in [-0.4, -0.2) is 20.7 Å². The van der Waals surface area contributed by atoms with Crippen LogP contribution in [0.3, 0.4) is 0 Å². The van der Waals surface area contributed by atoms with E-state index in [0.717, 1.165) is 24.3 Å². The smallest absolute Gasteiger partial charge is 0.126 e. The summed E-state index contributed by atoms with van der Waals surface area (Å²) in [6.07, 6.45) is 1.04. The highest BCUT2D eigenvalue weighted by atomic mass is 35.5. The summed E-state index contributed by atoms with van der Waals surface area (Å²) in [7, 11) is 3.69. The van der Waals surface area contributed by atoms with Crippen molar-refractivity contribution >= 4 is 12.4 Å². The number of nitrogens with one attached hydrogen (secondary N) is 1. The molecule has 0 unspecified atom stereocenters. The summed E-state index contributed by atoms with van der Waals surface area (Å²) in [6.45, 7) is 0.995. The summed E-state index contributed by atoms with van der Waals surface area (Å²) in [5.74, 6) is 0.920. The van der Waals surface area contributed by atoms with E-state index in [1.807, 2.05) is 25.2 Å². The molecule has 2 nitrogen and oxygen atoms in total. The van der Waals surface area contributed by atoms with Gasteiger partial charge in [-0.2, -0.15) is 0 Å². The van der Waals surface area contributed by atoms with Crippen LogP contribution in [0.15, 0.2) is 48.5 Å². The standard InChI is InChI=1S/C16H19NO.ClH/c1-17-11-10-13-6-5-7-14(12-13)15-8-3-4-9-16(15)18-2;/h3-9,12,17H,10-11H2,1-2H3;1H. The van der Waals surface area contributed by atoms with Crippen LogP contribution >= 0.6 is 12.4 Å². The molecule has 1 N–H and O–H groups in total. The van der Waals surface area contributed by atoms with Crippen LogP contribution in [0.5, 0.6) is 5.75 Å². The van der Waals surface area contributed by atoms with Crippen molar-refractivity contribution in [2.45, 2.75) is 6.42 Å². The molecule has 0 saturated carbocycles. The average molecular weight is 278 g/mol. The second-order valence-corrected chi connectivity index (χ2v) is 4.25. The van der Waals surface area contributed by atoms with Gasteiger partial charge in [-0.15, -0.1) is 12.4 Å². The van der Waals surface area contributed by atoms with Crippen molar-refractivity contribution in [2.75, 3.05) is 20.7 Å². The van der Waals surface area contributed by atoms with Crippen LogP contribution in [0.2, 0.25) is 0 Å². The molecule has 0 atom stereocenters. The van der Waals surface area contributed by atoms with Gasteiger partial charge in [-0.3, -0.25) is 0 Å². The first kappa shape index (κ1) is 15.5. The van der Waals surface area contributed by atoms with E-state index < -0.39 is 0 Å². The van der Waals surface area contributed by atoms with Gasteiger partial charge in [0.15, 0.2) is 0 Å². The van der Waals surface area contributed by atoms with Gasteiger partial charge in [0, 0.05) is 5.56 Å². The molecule has 2 aromatic rings. The molecule has 0 heterocycles. The molecule has 3 heteroatoms. The molecule has 19 heavy (non-hydrogen) atoms. The Labute approximate surface area is 121 Å². The number of ether oxygens (including phenoxy) is 1. The number of hydrogen-bond acceptors (Lipinski definition) is 2. The number of methoxy groups -OCH3 is 1. The van der Waals surface area contributed by atoms with Crippen LogP contribution < -0.4 is 10.1 Å². The summed E-state index contributed by atoms with van der Waals surface area (Å²) < 4.78 is 5.41. The fourth-order valence-electron chi connectivity index (χ4n) is 2.05.